The average Bonchev–Trinajstić information content (AvgIpc) is 2.30. The van der Waals surface area contributed by atoms with Gasteiger partial charge in [-0.05, 0) is 63.4 Å². The van der Waals surface area contributed by atoms with E-state index in [1.807, 2.05) is 0 Å². The smallest absolute Gasteiger partial charge is 0.338 e. The number of nitrogens with two attached hydrogens (primary N) is 1. The van der Waals surface area contributed by atoms with Crippen LogP contribution in [-0.4, -0.2) is 33.3 Å². The number of rotatable bonds is 4. The lowest BCUT2D eigenvalue weighted by Gasteiger charge is -2.29. The molecule has 0 saturated carbocycles. The van der Waals surface area contributed by atoms with Gasteiger partial charge in [-0.25, -0.2) is 9.59 Å². The number of carbonyl (C=O) groups excluding carboxylic acids is 1. The van der Waals surface area contributed by atoms with Crippen LogP contribution in [0.4, 0.5) is 0 Å². The SMILES string of the molecule is Cc1cc(O)cc(C)c1C[C@](N)(C(=O)O)C(=O)OC(C)(C)C. The monoisotopic (exact) mass is 309 g/mol. The Kier molecular flexibility index (Phi) is 4.87. The molecule has 0 radical (unpaired) electrons. The molecule has 0 unspecified atom stereocenters. The first-order chi connectivity index (χ1) is 9.86. The maximum atomic E-state index is 12.2. The van der Waals surface area contributed by atoms with Crippen molar-refractivity contribution < 1.29 is 24.5 Å². The molecule has 1 atom stereocenters. The Morgan fingerprint density at radius 1 is 1.18 bits per heavy atom. The molecule has 0 aliphatic rings. The van der Waals surface area contributed by atoms with E-state index in [2.05, 4.69) is 0 Å². The highest BCUT2D eigenvalue weighted by Crippen LogP contribution is 2.25. The maximum absolute atomic E-state index is 12.2. The number of benzene rings is 1. The molecule has 0 spiro atoms. The predicted molar refractivity (Wildman–Crippen MR) is 81.7 cm³/mol. The fraction of sp³-hybridized carbons (Fsp3) is 0.500. The number of hydrogen-bond acceptors (Lipinski definition) is 5. The highest BCUT2D eigenvalue weighted by atomic mass is 16.6. The number of aliphatic carboxylic acids is 1. The molecular formula is C16H23NO5. The van der Waals surface area contributed by atoms with Crippen molar-refractivity contribution in [1.29, 1.82) is 0 Å². The lowest BCUT2D eigenvalue weighted by molar-refractivity contribution is -0.169. The highest BCUT2D eigenvalue weighted by molar-refractivity contribution is 6.04. The van der Waals surface area contributed by atoms with E-state index < -0.39 is 23.1 Å². The molecule has 0 heterocycles. The summed E-state index contributed by atoms with van der Waals surface area (Å²) < 4.78 is 5.15. The number of aromatic hydroxyl groups is 1. The molecule has 0 saturated heterocycles. The van der Waals surface area contributed by atoms with Crippen molar-refractivity contribution >= 4 is 11.9 Å². The summed E-state index contributed by atoms with van der Waals surface area (Å²) in [6.45, 7) is 8.37. The number of esters is 1. The van der Waals surface area contributed by atoms with E-state index in [9.17, 15) is 19.8 Å². The second kappa shape index (κ2) is 5.96. The molecule has 0 bridgehead atoms. The third kappa shape index (κ3) is 3.98. The molecule has 0 aromatic heterocycles. The van der Waals surface area contributed by atoms with Crippen LogP contribution in [0.1, 0.15) is 37.5 Å². The standard InChI is InChI=1S/C16H23NO5/c1-9-6-11(18)7-10(2)12(9)8-16(17,13(19)20)14(21)22-15(3,4)5/h6-7,18H,8,17H2,1-5H3,(H,19,20)/t16-/m0/s1. The summed E-state index contributed by atoms with van der Waals surface area (Å²) >= 11 is 0. The highest BCUT2D eigenvalue weighted by Gasteiger charge is 2.46. The van der Waals surface area contributed by atoms with Gasteiger partial charge in [0.25, 0.3) is 0 Å². The normalized spacial score (nSPS) is 14.3. The molecule has 1 rings (SSSR count). The van der Waals surface area contributed by atoms with Crippen LogP contribution < -0.4 is 5.73 Å². The third-order valence-electron chi connectivity index (χ3n) is 3.28. The Morgan fingerprint density at radius 2 is 1.64 bits per heavy atom. The van der Waals surface area contributed by atoms with Crippen LogP contribution in [0.15, 0.2) is 12.1 Å². The van der Waals surface area contributed by atoms with Crippen molar-refractivity contribution in [3.8, 4) is 5.75 Å². The van der Waals surface area contributed by atoms with Crippen LogP contribution in [0, 0.1) is 13.8 Å². The minimum Gasteiger partial charge on any atom is -0.508 e. The lowest BCUT2D eigenvalue weighted by Crippen LogP contribution is -2.58. The van der Waals surface area contributed by atoms with Gasteiger partial charge in [-0.2, -0.15) is 0 Å². The molecule has 0 amide bonds. The maximum Gasteiger partial charge on any atom is 0.338 e. The number of aryl methyl sites for hydroxylation is 2. The molecule has 1 aromatic rings. The molecule has 1 aromatic carbocycles. The zero-order valence-corrected chi connectivity index (χ0v) is 13.6. The lowest BCUT2D eigenvalue weighted by atomic mass is 9.87. The summed E-state index contributed by atoms with van der Waals surface area (Å²) in [6, 6.07) is 3.00. The summed E-state index contributed by atoms with van der Waals surface area (Å²) in [4.78, 5) is 23.8. The Bertz CT molecular complexity index is 580. The van der Waals surface area contributed by atoms with E-state index in [0.29, 0.717) is 16.7 Å². The van der Waals surface area contributed by atoms with Crippen LogP contribution in [0.2, 0.25) is 0 Å². The van der Waals surface area contributed by atoms with Gasteiger partial charge in [-0.15, -0.1) is 0 Å². The van der Waals surface area contributed by atoms with Gasteiger partial charge in [0.1, 0.15) is 11.4 Å². The van der Waals surface area contributed by atoms with E-state index >= 15 is 0 Å². The van der Waals surface area contributed by atoms with Crippen molar-refractivity contribution in [2.24, 2.45) is 5.73 Å². The van der Waals surface area contributed by atoms with Gasteiger partial charge in [0, 0.05) is 6.42 Å². The van der Waals surface area contributed by atoms with E-state index in [1.165, 1.54) is 12.1 Å². The van der Waals surface area contributed by atoms with Crippen molar-refractivity contribution in [2.75, 3.05) is 0 Å². The molecule has 0 fully saturated rings. The van der Waals surface area contributed by atoms with E-state index in [0.717, 1.165) is 0 Å². The first-order valence-corrected chi connectivity index (χ1v) is 6.91. The van der Waals surface area contributed by atoms with Crippen molar-refractivity contribution in [3.05, 3.63) is 28.8 Å². The topological polar surface area (TPSA) is 110 Å². The van der Waals surface area contributed by atoms with Crippen molar-refractivity contribution in [3.63, 3.8) is 0 Å². The molecule has 0 aliphatic carbocycles. The van der Waals surface area contributed by atoms with Crippen LogP contribution in [0.3, 0.4) is 0 Å². The summed E-state index contributed by atoms with van der Waals surface area (Å²) in [6.07, 6.45) is -0.213. The number of phenols is 1. The first kappa shape index (κ1) is 18.0. The van der Waals surface area contributed by atoms with Gasteiger partial charge in [0.05, 0.1) is 0 Å². The van der Waals surface area contributed by atoms with E-state index in [4.69, 9.17) is 10.5 Å². The zero-order valence-electron chi connectivity index (χ0n) is 13.6. The molecule has 0 aliphatic heterocycles. The zero-order chi connectivity index (χ0) is 17.3. The summed E-state index contributed by atoms with van der Waals surface area (Å²) in [5, 5.41) is 19.0. The largest absolute Gasteiger partial charge is 0.508 e. The van der Waals surface area contributed by atoms with Gasteiger partial charge >= 0.3 is 11.9 Å². The summed E-state index contributed by atoms with van der Waals surface area (Å²) in [5.41, 5.74) is 4.78. The molecular weight excluding hydrogens is 286 g/mol. The number of ether oxygens (including phenoxy) is 1. The summed E-state index contributed by atoms with van der Waals surface area (Å²) in [7, 11) is 0. The van der Waals surface area contributed by atoms with Gasteiger partial charge < -0.3 is 20.7 Å². The van der Waals surface area contributed by atoms with E-state index in [1.54, 1.807) is 34.6 Å². The minimum atomic E-state index is -2.18. The third-order valence-corrected chi connectivity index (χ3v) is 3.28. The van der Waals surface area contributed by atoms with Gasteiger partial charge in [0.15, 0.2) is 0 Å². The van der Waals surface area contributed by atoms with Crippen LogP contribution in [0.25, 0.3) is 0 Å². The van der Waals surface area contributed by atoms with Crippen LogP contribution in [0.5, 0.6) is 5.75 Å². The minimum absolute atomic E-state index is 0.0777. The Labute approximate surface area is 129 Å². The van der Waals surface area contributed by atoms with Gasteiger partial charge in [-0.3, -0.25) is 0 Å². The quantitative estimate of drug-likeness (QED) is 0.576. The molecule has 6 nitrogen and oxygen atoms in total. The van der Waals surface area contributed by atoms with E-state index in [-0.39, 0.29) is 12.2 Å². The summed E-state index contributed by atoms with van der Waals surface area (Å²) in [5.74, 6) is -2.36. The first-order valence-electron chi connectivity index (χ1n) is 6.91. The molecule has 22 heavy (non-hydrogen) atoms. The molecule has 6 heteroatoms. The number of phenolic OH excluding ortho intramolecular Hbond substituents is 1. The number of carboxylic acids is 1. The predicted octanol–water partition coefficient (Wildman–Crippen LogP) is 1.68. The Balaban J connectivity index is 3.23. The number of carbonyl (C=O) groups is 2. The fourth-order valence-electron chi connectivity index (χ4n) is 2.13. The van der Waals surface area contributed by atoms with Crippen molar-refractivity contribution in [2.45, 2.75) is 52.2 Å². The Morgan fingerprint density at radius 3 is 2.00 bits per heavy atom. The van der Waals surface area contributed by atoms with Crippen LogP contribution >= 0.6 is 0 Å². The average molecular weight is 309 g/mol. The van der Waals surface area contributed by atoms with Gasteiger partial charge in [0.2, 0.25) is 5.54 Å². The molecule has 122 valence electrons. The second-order valence-electron chi connectivity index (χ2n) is 6.51. The fourth-order valence-corrected chi connectivity index (χ4v) is 2.13. The van der Waals surface area contributed by atoms with Gasteiger partial charge in [-0.1, -0.05) is 0 Å². The Hall–Kier alpha value is -2.08. The molecule has 4 N–H and O–H groups in total. The van der Waals surface area contributed by atoms with Crippen molar-refractivity contribution in [1.82, 2.24) is 0 Å². The number of hydrogen-bond donors (Lipinski definition) is 3. The van der Waals surface area contributed by atoms with Crippen LogP contribution in [-0.2, 0) is 20.7 Å². The number of carboxylic acid groups (broad SMARTS) is 1. The second-order valence-corrected chi connectivity index (χ2v) is 6.51.